The fourth-order valence-electron chi connectivity index (χ4n) is 6.37. The van der Waals surface area contributed by atoms with Gasteiger partial charge >= 0.3 is 0 Å². The Morgan fingerprint density at radius 3 is 1.18 bits per heavy atom. The van der Waals surface area contributed by atoms with Crippen LogP contribution in [0.3, 0.4) is 0 Å². The molecule has 0 bridgehead atoms. The molecule has 0 atom stereocenters. The second-order valence-corrected chi connectivity index (χ2v) is 11.0. The zero-order chi connectivity index (χ0) is 29.6. The number of nitriles is 2. The third kappa shape index (κ3) is 4.14. The summed E-state index contributed by atoms with van der Waals surface area (Å²) >= 11 is 0. The number of aromatic nitrogens is 2. The first kappa shape index (κ1) is 25.4. The number of hydrogen-bond acceptors (Lipinski definition) is 4. The van der Waals surface area contributed by atoms with E-state index in [0.717, 1.165) is 44.5 Å². The fraction of sp³-hybridized carbons (Fsp3) is 0. The van der Waals surface area contributed by atoms with Crippen molar-refractivity contribution in [2.24, 2.45) is 0 Å². The van der Waals surface area contributed by atoms with Crippen molar-refractivity contribution in [3.63, 3.8) is 0 Å². The Labute approximate surface area is 254 Å². The van der Waals surface area contributed by atoms with Crippen molar-refractivity contribution in [3.05, 3.63) is 145 Å². The third-order valence-corrected chi connectivity index (χ3v) is 8.43. The first-order chi connectivity index (χ1) is 21.7. The average Bonchev–Trinajstić information content (AvgIpc) is 3.10. The van der Waals surface area contributed by atoms with Gasteiger partial charge in [0.1, 0.15) is 12.1 Å². The molecule has 0 aliphatic rings. The van der Waals surface area contributed by atoms with Gasteiger partial charge in [-0.25, -0.2) is 0 Å². The maximum atomic E-state index is 9.60. The van der Waals surface area contributed by atoms with Crippen LogP contribution in [0.2, 0.25) is 0 Å². The van der Waals surface area contributed by atoms with Crippen LogP contribution in [0.1, 0.15) is 11.1 Å². The molecule has 2 heterocycles. The van der Waals surface area contributed by atoms with Gasteiger partial charge in [-0.05, 0) is 114 Å². The summed E-state index contributed by atoms with van der Waals surface area (Å²) in [5.74, 6) is 0. The van der Waals surface area contributed by atoms with E-state index in [1.807, 2.05) is 36.4 Å². The SMILES string of the molecule is N#Cc1cnccc1-c1cccc(-c2cc3ccc4cc(-c5cccc(-c6ccncc6C#N)c5)cc5ccc(c2)c3c45)c1. The lowest BCUT2D eigenvalue weighted by molar-refractivity contribution is 1.30. The smallest absolute Gasteiger partial charge is 0.101 e. The van der Waals surface area contributed by atoms with Gasteiger partial charge in [-0.2, -0.15) is 10.5 Å². The molecule has 202 valence electrons. The van der Waals surface area contributed by atoms with Crippen LogP contribution >= 0.6 is 0 Å². The van der Waals surface area contributed by atoms with Crippen molar-refractivity contribution >= 4 is 32.3 Å². The number of rotatable bonds is 4. The van der Waals surface area contributed by atoms with Gasteiger partial charge in [-0.3, -0.25) is 9.97 Å². The highest BCUT2D eigenvalue weighted by Crippen LogP contribution is 2.40. The summed E-state index contributed by atoms with van der Waals surface area (Å²) in [4.78, 5) is 8.22. The lowest BCUT2D eigenvalue weighted by Gasteiger charge is -2.15. The van der Waals surface area contributed by atoms with Crippen LogP contribution < -0.4 is 0 Å². The van der Waals surface area contributed by atoms with E-state index in [1.165, 1.54) is 32.3 Å². The van der Waals surface area contributed by atoms with Gasteiger partial charge < -0.3 is 0 Å². The second kappa shape index (κ2) is 10.2. The standard InChI is InChI=1S/C40H22N4/c41-21-35-23-43-13-11-37(35)27-5-1-3-25(15-27)33-17-29-7-9-31-19-34(20-32-10-8-30(18-33)39(29)40(31)32)26-4-2-6-28(16-26)38-12-14-44-24-36(38)22-42/h1-20,23-24H. The summed E-state index contributed by atoms with van der Waals surface area (Å²) in [6.07, 6.45) is 6.68. The van der Waals surface area contributed by atoms with E-state index in [0.29, 0.717) is 11.1 Å². The Bertz CT molecular complexity index is 2240. The molecular weight excluding hydrogens is 536 g/mol. The van der Waals surface area contributed by atoms with Crippen molar-refractivity contribution in [2.75, 3.05) is 0 Å². The Morgan fingerprint density at radius 1 is 0.409 bits per heavy atom. The summed E-state index contributed by atoms with van der Waals surface area (Å²) in [7, 11) is 0. The predicted octanol–water partition coefficient (Wildman–Crippen LogP) is 9.79. The molecule has 4 nitrogen and oxygen atoms in total. The molecule has 4 heteroatoms. The van der Waals surface area contributed by atoms with Crippen LogP contribution in [-0.4, -0.2) is 9.97 Å². The van der Waals surface area contributed by atoms with Crippen molar-refractivity contribution in [2.45, 2.75) is 0 Å². The summed E-state index contributed by atoms with van der Waals surface area (Å²) in [5, 5.41) is 26.5. The van der Waals surface area contributed by atoms with E-state index >= 15 is 0 Å². The molecule has 0 radical (unpaired) electrons. The normalized spacial score (nSPS) is 11.1. The zero-order valence-electron chi connectivity index (χ0n) is 23.5. The molecule has 0 saturated carbocycles. The first-order valence-electron chi connectivity index (χ1n) is 14.3. The first-order valence-corrected chi connectivity index (χ1v) is 14.3. The van der Waals surface area contributed by atoms with E-state index in [9.17, 15) is 10.5 Å². The van der Waals surface area contributed by atoms with Gasteiger partial charge in [0.25, 0.3) is 0 Å². The number of nitrogens with zero attached hydrogens (tertiary/aromatic N) is 4. The van der Waals surface area contributed by atoms with Crippen LogP contribution in [0.15, 0.2) is 134 Å². The molecule has 8 rings (SSSR count). The highest BCUT2D eigenvalue weighted by atomic mass is 14.6. The molecular formula is C40H22N4. The molecule has 0 amide bonds. The minimum Gasteiger partial charge on any atom is -0.263 e. The largest absolute Gasteiger partial charge is 0.263 e. The van der Waals surface area contributed by atoms with Crippen LogP contribution in [-0.2, 0) is 0 Å². The average molecular weight is 559 g/mol. The molecule has 0 aliphatic carbocycles. The van der Waals surface area contributed by atoms with Crippen LogP contribution in [0.5, 0.6) is 0 Å². The van der Waals surface area contributed by atoms with Gasteiger partial charge in [-0.1, -0.05) is 60.7 Å². The molecule has 0 N–H and O–H groups in total. The van der Waals surface area contributed by atoms with Crippen LogP contribution in [0.4, 0.5) is 0 Å². The minimum atomic E-state index is 0.565. The van der Waals surface area contributed by atoms with E-state index < -0.39 is 0 Å². The van der Waals surface area contributed by atoms with Crippen molar-refractivity contribution in [1.29, 1.82) is 10.5 Å². The summed E-state index contributed by atoms with van der Waals surface area (Å²) < 4.78 is 0. The maximum Gasteiger partial charge on any atom is 0.101 e. The lowest BCUT2D eigenvalue weighted by Crippen LogP contribution is -1.89. The summed E-state index contributed by atoms with van der Waals surface area (Å²) in [5.41, 5.74) is 9.36. The van der Waals surface area contributed by atoms with Crippen molar-refractivity contribution in [1.82, 2.24) is 9.97 Å². The summed E-state index contributed by atoms with van der Waals surface area (Å²) in [6.45, 7) is 0. The number of benzene rings is 6. The fourth-order valence-corrected chi connectivity index (χ4v) is 6.37. The molecule has 2 aromatic heterocycles. The maximum absolute atomic E-state index is 9.60. The lowest BCUT2D eigenvalue weighted by atomic mass is 9.88. The van der Waals surface area contributed by atoms with E-state index in [4.69, 9.17) is 0 Å². The molecule has 0 fully saturated rings. The van der Waals surface area contributed by atoms with Crippen molar-refractivity contribution < 1.29 is 0 Å². The van der Waals surface area contributed by atoms with Crippen molar-refractivity contribution in [3.8, 4) is 56.6 Å². The highest BCUT2D eigenvalue weighted by Gasteiger charge is 2.14. The van der Waals surface area contributed by atoms with E-state index in [2.05, 4.69) is 94.9 Å². The highest BCUT2D eigenvalue weighted by molar-refractivity contribution is 6.24. The Morgan fingerprint density at radius 2 is 0.795 bits per heavy atom. The number of hydrogen-bond donors (Lipinski definition) is 0. The molecule has 0 spiro atoms. The van der Waals surface area contributed by atoms with Crippen LogP contribution in [0, 0.1) is 22.7 Å². The van der Waals surface area contributed by atoms with Gasteiger partial charge in [0.05, 0.1) is 11.1 Å². The Balaban J connectivity index is 1.23. The van der Waals surface area contributed by atoms with Gasteiger partial charge in [0.2, 0.25) is 0 Å². The molecule has 0 aliphatic heterocycles. The quantitative estimate of drug-likeness (QED) is 0.202. The third-order valence-electron chi connectivity index (χ3n) is 8.43. The molecule has 8 aromatic rings. The Hall–Kier alpha value is -6.36. The van der Waals surface area contributed by atoms with E-state index in [-0.39, 0.29) is 0 Å². The molecule has 0 saturated heterocycles. The van der Waals surface area contributed by atoms with Gasteiger partial charge in [0.15, 0.2) is 0 Å². The van der Waals surface area contributed by atoms with Crippen LogP contribution in [0.25, 0.3) is 76.8 Å². The molecule has 0 unspecified atom stereocenters. The summed E-state index contributed by atoms with van der Waals surface area (Å²) in [6, 6.07) is 42.9. The monoisotopic (exact) mass is 558 g/mol. The number of pyridine rings is 2. The zero-order valence-corrected chi connectivity index (χ0v) is 23.5. The topological polar surface area (TPSA) is 73.4 Å². The van der Waals surface area contributed by atoms with Gasteiger partial charge in [0, 0.05) is 35.9 Å². The second-order valence-electron chi connectivity index (χ2n) is 11.0. The Kier molecular flexibility index (Phi) is 5.86. The predicted molar refractivity (Wildman–Crippen MR) is 177 cm³/mol. The molecule has 6 aromatic carbocycles. The van der Waals surface area contributed by atoms with E-state index in [1.54, 1.807) is 24.8 Å². The molecule has 44 heavy (non-hydrogen) atoms. The minimum absolute atomic E-state index is 0.565. The van der Waals surface area contributed by atoms with Gasteiger partial charge in [-0.15, -0.1) is 0 Å².